The molecular weight excluding hydrogens is 360 g/mol. The van der Waals surface area contributed by atoms with Crippen LogP contribution in [0.4, 0.5) is 5.69 Å². The van der Waals surface area contributed by atoms with E-state index >= 15 is 0 Å². The van der Waals surface area contributed by atoms with Crippen LogP contribution in [0.3, 0.4) is 0 Å². The van der Waals surface area contributed by atoms with Crippen LogP contribution < -0.4 is 5.32 Å². The Morgan fingerprint density at radius 2 is 2.05 bits per heavy atom. The van der Waals surface area contributed by atoms with E-state index in [9.17, 15) is 9.59 Å². The standard InChI is InChI=1S/C14H12BrClN2O3/c1-18-7-9(15)6-12(18)13(19)17-11-5-8(14(20)21-2)3-4-10(11)16/h3-7H,1-2H3,(H,17,19). The smallest absolute Gasteiger partial charge is 0.337 e. The Kier molecular flexibility index (Phi) is 4.69. The molecule has 0 aliphatic rings. The number of nitrogens with zero attached hydrogens (tertiary/aromatic N) is 1. The summed E-state index contributed by atoms with van der Waals surface area (Å²) in [5.41, 5.74) is 1.12. The van der Waals surface area contributed by atoms with Gasteiger partial charge in [-0.15, -0.1) is 0 Å². The molecule has 2 aromatic rings. The number of anilines is 1. The summed E-state index contributed by atoms with van der Waals surface area (Å²) in [6.45, 7) is 0. The normalized spacial score (nSPS) is 10.3. The predicted molar refractivity (Wildman–Crippen MR) is 83.9 cm³/mol. The number of nitrogens with one attached hydrogen (secondary N) is 1. The highest BCUT2D eigenvalue weighted by Gasteiger charge is 2.15. The van der Waals surface area contributed by atoms with Crippen LogP contribution in [0.15, 0.2) is 34.9 Å². The fourth-order valence-corrected chi connectivity index (χ4v) is 2.49. The van der Waals surface area contributed by atoms with Crippen molar-refractivity contribution in [2.75, 3.05) is 12.4 Å². The second-order valence-corrected chi connectivity index (χ2v) is 5.62. The average molecular weight is 372 g/mol. The van der Waals surface area contributed by atoms with E-state index in [1.165, 1.54) is 25.3 Å². The summed E-state index contributed by atoms with van der Waals surface area (Å²) in [4.78, 5) is 23.7. The molecule has 5 nitrogen and oxygen atoms in total. The summed E-state index contributed by atoms with van der Waals surface area (Å²) < 4.78 is 7.11. The first-order valence-electron chi connectivity index (χ1n) is 5.93. The number of aryl methyl sites for hydroxylation is 1. The van der Waals surface area contributed by atoms with Crippen molar-refractivity contribution in [3.8, 4) is 0 Å². The number of carbonyl (C=O) groups excluding carboxylic acids is 2. The Morgan fingerprint density at radius 3 is 2.62 bits per heavy atom. The average Bonchev–Trinajstić information content (AvgIpc) is 2.79. The molecule has 0 aliphatic heterocycles. The molecule has 0 fully saturated rings. The second-order valence-electron chi connectivity index (χ2n) is 4.29. The zero-order valence-corrected chi connectivity index (χ0v) is 13.7. The van der Waals surface area contributed by atoms with Crippen molar-refractivity contribution in [3.63, 3.8) is 0 Å². The first kappa shape index (κ1) is 15.6. The van der Waals surface area contributed by atoms with Gasteiger partial charge >= 0.3 is 5.97 Å². The Labute approximate surface area is 135 Å². The number of esters is 1. The third-order valence-electron chi connectivity index (χ3n) is 2.84. The summed E-state index contributed by atoms with van der Waals surface area (Å²) in [5, 5.41) is 3.02. The van der Waals surface area contributed by atoms with Crippen molar-refractivity contribution in [1.29, 1.82) is 0 Å². The van der Waals surface area contributed by atoms with Gasteiger partial charge in [-0.1, -0.05) is 11.6 Å². The lowest BCUT2D eigenvalue weighted by atomic mass is 10.2. The third-order valence-corrected chi connectivity index (χ3v) is 3.60. The summed E-state index contributed by atoms with van der Waals surface area (Å²) in [5.74, 6) is -0.823. The lowest BCUT2D eigenvalue weighted by Crippen LogP contribution is -2.16. The van der Waals surface area contributed by atoms with Crippen LogP contribution in [0.1, 0.15) is 20.8 Å². The van der Waals surface area contributed by atoms with Gasteiger partial charge in [-0.2, -0.15) is 0 Å². The van der Waals surface area contributed by atoms with Crippen molar-refractivity contribution in [3.05, 3.63) is 51.2 Å². The van der Waals surface area contributed by atoms with E-state index in [2.05, 4.69) is 26.0 Å². The van der Waals surface area contributed by atoms with Gasteiger partial charge in [-0.25, -0.2) is 4.79 Å². The highest BCUT2D eigenvalue weighted by molar-refractivity contribution is 9.10. The van der Waals surface area contributed by atoms with Gasteiger partial charge in [-0.3, -0.25) is 4.79 Å². The van der Waals surface area contributed by atoms with E-state index in [4.69, 9.17) is 11.6 Å². The number of hydrogen-bond acceptors (Lipinski definition) is 3. The zero-order chi connectivity index (χ0) is 15.6. The molecule has 0 radical (unpaired) electrons. The van der Waals surface area contributed by atoms with Crippen LogP contribution in [0, 0.1) is 0 Å². The van der Waals surface area contributed by atoms with Crippen molar-refractivity contribution in [2.45, 2.75) is 0 Å². The molecule has 1 N–H and O–H groups in total. The van der Waals surface area contributed by atoms with E-state index in [1.807, 2.05) is 0 Å². The lowest BCUT2D eigenvalue weighted by molar-refractivity contribution is 0.0600. The SMILES string of the molecule is COC(=O)c1ccc(Cl)c(NC(=O)c2cc(Br)cn2C)c1. The first-order valence-corrected chi connectivity index (χ1v) is 7.10. The number of carbonyl (C=O) groups is 2. The highest BCUT2D eigenvalue weighted by atomic mass is 79.9. The van der Waals surface area contributed by atoms with E-state index in [0.717, 1.165) is 4.47 Å². The number of aromatic nitrogens is 1. The molecule has 0 saturated heterocycles. The van der Waals surface area contributed by atoms with Gasteiger partial charge in [0.25, 0.3) is 5.91 Å². The number of rotatable bonds is 3. The second kappa shape index (κ2) is 6.32. The van der Waals surface area contributed by atoms with Gasteiger partial charge in [0.2, 0.25) is 0 Å². The van der Waals surface area contributed by atoms with Crippen LogP contribution in [0.25, 0.3) is 0 Å². The Hall–Kier alpha value is -1.79. The Bertz CT molecular complexity index is 712. The Morgan fingerprint density at radius 1 is 1.33 bits per heavy atom. The predicted octanol–water partition coefficient (Wildman–Crippen LogP) is 3.48. The molecule has 0 saturated carbocycles. The number of ether oxygens (including phenoxy) is 1. The molecule has 1 aromatic carbocycles. The minimum Gasteiger partial charge on any atom is -0.465 e. The van der Waals surface area contributed by atoms with E-state index in [1.54, 1.807) is 23.9 Å². The van der Waals surface area contributed by atoms with Crippen LogP contribution in [0.5, 0.6) is 0 Å². The van der Waals surface area contributed by atoms with Gasteiger partial charge < -0.3 is 14.6 Å². The molecule has 7 heteroatoms. The van der Waals surface area contributed by atoms with Gasteiger partial charge in [0.05, 0.1) is 23.4 Å². The molecule has 1 heterocycles. The van der Waals surface area contributed by atoms with Gasteiger partial charge in [0, 0.05) is 17.7 Å². The molecule has 0 spiro atoms. The number of hydrogen-bond donors (Lipinski definition) is 1. The largest absolute Gasteiger partial charge is 0.465 e. The molecule has 2 rings (SSSR count). The lowest BCUT2D eigenvalue weighted by Gasteiger charge is -2.09. The topological polar surface area (TPSA) is 60.3 Å². The fraction of sp³-hybridized carbons (Fsp3) is 0.143. The van der Waals surface area contributed by atoms with E-state index in [0.29, 0.717) is 22.0 Å². The minimum atomic E-state index is -0.497. The van der Waals surface area contributed by atoms with Crippen molar-refractivity contribution in [1.82, 2.24) is 4.57 Å². The molecular formula is C14H12BrClN2O3. The molecule has 21 heavy (non-hydrogen) atoms. The molecule has 1 amide bonds. The van der Waals surface area contributed by atoms with E-state index in [-0.39, 0.29) is 5.91 Å². The zero-order valence-electron chi connectivity index (χ0n) is 11.3. The summed E-state index contributed by atoms with van der Waals surface area (Å²) in [7, 11) is 3.04. The molecule has 0 aliphatic carbocycles. The molecule has 0 bridgehead atoms. The summed E-state index contributed by atoms with van der Waals surface area (Å²) in [6.07, 6.45) is 1.77. The quantitative estimate of drug-likeness (QED) is 0.840. The maximum Gasteiger partial charge on any atom is 0.337 e. The molecule has 0 atom stereocenters. The molecule has 0 unspecified atom stereocenters. The van der Waals surface area contributed by atoms with Crippen LogP contribution in [-0.4, -0.2) is 23.6 Å². The third kappa shape index (κ3) is 3.46. The van der Waals surface area contributed by atoms with Crippen LogP contribution >= 0.6 is 27.5 Å². The first-order chi connectivity index (χ1) is 9.92. The monoisotopic (exact) mass is 370 g/mol. The number of halogens is 2. The maximum atomic E-state index is 12.2. The van der Waals surface area contributed by atoms with Crippen molar-refractivity contribution in [2.24, 2.45) is 7.05 Å². The van der Waals surface area contributed by atoms with Gasteiger partial charge in [0.1, 0.15) is 5.69 Å². The van der Waals surface area contributed by atoms with Crippen molar-refractivity contribution < 1.29 is 14.3 Å². The van der Waals surface area contributed by atoms with Gasteiger partial charge in [0.15, 0.2) is 0 Å². The van der Waals surface area contributed by atoms with Gasteiger partial charge in [-0.05, 0) is 40.2 Å². The van der Waals surface area contributed by atoms with E-state index < -0.39 is 5.97 Å². The minimum absolute atomic E-state index is 0.310. The number of amides is 1. The van der Waals surface area contributed by atoms with Crippen molar-refractivity contribution >= 4 is 45.1 Å². The Balaban J connectivity index is 2.28. The highest BCUT2D eigenvalue weighted by Crippen LogP contribution is 2.24. The number of benzene rings is 1. The van der Waals surface area contributed by atoms with Crippen LogP contribution in [-0.2, 0) is 11.8 Å². The summed E-state index contributed by atoms with van der Waals surface area (Å²) >= 11 is 9.34. The molecule has 1 aromatic heterocycles. The summed E-state index contributed by atoms with van der Waals surface area (Å²) in [6, 6.07) is 6.23. The fourth-order valence-electron chi connectivity index (χ4n) is 1.80. The number of methoxy groups -OCH3 is 1. The van der Waals surface area contributed by atoms with Crippen LogP contribution in [0.2, 0.25) is 5.02 Å². The maximum absolute atomic E-state index is 12.2. The molecule has 110 valence electrons.